The minimum atomic E-state index is -0.557. The number of hydrogen-bond donors (Lipinski definition) is 1. The predicted octanol–water partition coefficient (Wildman–Crippen LogP) is 2.80. The molecule has 0 bridgehead atoms. The fourth-order valence-electron chi connectivity index (χ4n) is 2.41. The summed E-state index contributed by atoms with van der Waals surface area (Å²) in [6.07, 6.45) is 5.26. The fourth-order valence-corrected chi connectivity index (χ4v) is 2.41. The van der Waals surface area contributed by atoms with Gasteiger partial charge in [0.05, 0.1) is 6.04 Å². The number of likely N-dealkylation sites (tertiary alicyclic amines) is 1. The van der Waals surface area contributed by atoms with E-state index in [-0.39, 0.29) is 17.7 Å². The summed E-state index contributed by atoms with van der Waals surface area (Å²) in [5.74, 6) is -0.121. The lowest BCUT2D eigenvalue weighted by Gasteiger charge is -2.37. The summed E-state index contributed by atoms with van der Waals surface area (Å²) in [4.78, 5) is 13.8. The number of carbonyl (C=O) groups is 1. The molecule has 4 heteroatoms. The van der Waals surface area contributed by atoms with Crippen molar-refractivity contribution in [2.45, 2.75) is 33.2 Å². The van der Waals surface area contributed by atoms with Crippen LogP contribution in [0, 0.1) is 11.8 Å². The van der Waals surface area contributed by atoms with E-state index in [1.807, 2.05) is 20.8 Å². The average molecular weight is 280 g/mol. The smallest absolute Gasteiger partial charge is 0.239 e. The lowest BCUT2D eigenvalue weighted by Crippen LogP contribution is -2.53. The van der Waals surface area contributed by atoms with Gasteiger partial charge < -0.3 is 10.6 Å². The van der Waals surface area contributed by atoms with Gasteiger partial charge in [0.2, 0.25) is 5.91 Å². The van der Waals surface area contributed by atoms with Crippen molar-refractivity contribution in [2.75, 3.05) is 13.1 Å². The molecule has 1 rings (SSSR count). The maximum atomic E-state index is 13.9. The average Bonchev–Trinajstić information content (AvgIpc) is 2.39. The molecule has 1 aliphatic heterocycles. The first-order valence-electron chi connectivity index (χ1n) is 7.08. The predicted molar refractivity (Wildman–Crippen MR) is 80.6 cm³/mol. The summed E-state index contributed by atoms with van der Waals surface area (Å²) in [7, 11) is 0. The zero-order chi connectivity index (χ0) is 15.3. The van der Waals surface area contributed by atoms with Crippen LogP contribution in [0.15, 0.2) is 36.2 Å². The topological polar surface area (TPSA) is 46.3 Å². The van der Waals surface area contributed by atoms with Crippen LogP contribution in [0.4, 0.5) is 4.39 Å². The summed E-state index contributed by atoms with van der Waals surface area (Å²) < 4.78 is 13.9. The van der Waals surface area contributed by atoms with Crippen LogP contribution in [0.2, 0.25) is 0 Å². The van der Waals surface area contributed by atoms with Gasteiger partial charge in [-0.15, -0.1) is 0 Å². The van der Waals surface area contributed by atoms with Crippen molar-refractivity contribution in [1.29, 1.82) is 0 Å². The molecule has 1 amide bonds. The summed E-state index contributed by atoms with van der Waals surface area (Å²) in [6.45, 7) is 10.9. The maximum absolute atomic E-state index is 13.9. The normalized spacial score (nSPS) is 24.8. The minimum Gasteiger partial charge on any atom is -0.340 e. The Balaban J connectivity index is 2.81. The lowest BCUT2D eigenvalue weighted by molar-refractivity contribution is -0.136. The van der Waals surface area contributed by atoms with Gasteiger partial charge >= 0.3 is 0 Å². The molecule has 20 heavy (non-hydrogen) atoms. The Kier molecular flexibility index (Phi) is 6.14. The molecule has 2 N–H and O–H groups in total. The zero-order valence-corrected chi connectivity index (χ0v) is 12.6. The van der Waals surface area contributed by atoms with E-state index in [0.717, 1.165) is 0 Å². The third-order valence-corrected chi connectivity index (χ3v) is 3.43. The molecule has 0 saturated carbocycles. The van der Waals surface area contributed by atoms with Crippen LogP contribution < -0.4 is 5.73 Å². The third-order valence-electron chi connectivity index (χ3n) is 3.43. The highest BCUT2D eigenvalue weighted by molar-refractivity contribution is 5.82. The molecule has 1 saturated heterocycles. The van der Waals surface area contributed by atoms with Crippen LogP contribution in [0.3, 0.4) is 0 Å². The highest BCUT2D eigenvalue weighted by atomic mass is 19.1. The molecule has 1 fully saturated rings. The Morgan fingerprint density at radius 3 is 2.80 bits per heavy atom. The molecule has 0 unspecified atom stereocenters. The van der Waals surface area contributed by atoms with Crippen LogP contribution in [-0.2, 0) is 4.79 Å². The van der Waals surface area contributed by atoms with Gasteiger partial charge in [-0.05, 0) is 30.9 Å². The third kappa shape index (κ3) is 4.30. The van der Waals surface area contributed by atoms with E-state index in [2.05, 4.69) is 6.58 Å². The molecule has 1 heterocycles. The fraction of sp³-hybridized carbons (Fsp3) is 0.562. The zero-order valence-electron chi connectivity index (χ0n) is 12.6. The van der Waals surface area contributed by atoms with Gasteiger partial charge in [0.25, 0.3) is 0 Å². The van der Waals surface area contributed by atoms with Crippen molar-refractivity contribution in [3.63, 3.8) is 0 Å². The van der Waals surface area contributed by atoms with Gasteiger partial charge in [-0.3, -0.25) is 4.79 Å². The molecule has 0 aromatic carbocycles. The monoisotopic (exact) mass is 280 g/mol. The van der Waals surface area contributed by atoms with Crippen molar-refractivity contribution in [1.82, 2.24) is 4.90 Å². The van der Waals surface area contributed by atoms with E-state index in [1.165, 1.54) is 6.08 Å². The van der Waals surface area contributed by atoms with Crippen molar-refractivity contribution in [3.8, 4) is 0 Å². The first-order valence-corrected chi connectivity index (χ1v) is 7.08. The Morgan fingerprint density at radius 2 is 2.25 bits per heavy atom. The first kappa shape index (κ1) is 16.6. The molecule has 0 spiro atoms. The Hall–Kier alpha value is -1.42. The van der Waals surface area contributed by atoms with Crippen LogP contribution >= 0.6 is 0 Å². The number of nitrogens with zero attached hydrogens (tertiary/aromatic N) is 1. The quantitative estimate of drug-likeness (QED) is 0.787. The Labute approximate surface area is 121 Å². The van der Waals surface area contributed by atoms with Crippen LogP contribution in [0.5, 0.6) is 0 Å². The Bertz CT molecular complexity index is 426. The van der Waals surface area contributed by atoms with Crippen molar-refractivity contribution >= 4 is 5.91 Å². The lowest BCUT2D eigenvalue weighted by atomic mass is 9.87. The summed E-state index contributed by atoms with van der Waals surface area (Å²) in [5.41, 5.74) is 6.32. The standard InChI is InChI=1S/C16H25FN2O/c1-5-6-7-14(17)12(4)13-8-15(18)16(20)19(10-13)9-11(2)3/h5-7,11,13,15H,4,8-10,18H2,1-3H3/b6-5-,14-7+/t13-,15+/m1/s1. The van der Waals surface area contributed by atoms with E-state index in [4.69, 9.17) is 5.73 Å². The Morgan fingerprint density at radius 1 is 1.60 bits per heavy atom. The number of piperidine rings is 1. The van der Waals surface area contributed by atoms with Gasteiger partial charge in [-0.1, -0.05) is 32.6 Å². The van der Waals surface area contributed by atoms with Crippen molar-refractivity contribution < 1.29 is 9.18 Å². The summed E-state index contributed by atoms with van der Waals surface area (Å²) in [6, 6.07) is -0.557. The van der Waals surface area contributed by atoms with Gasteiger partial charge in [0, 0.05) is 19.0 Å². The van der Waals surface area contributed by atoms with Gasteiger partial charge in [-0.2, -0.15) is 0 Å². The van der Waals surface area contributed by atoms with Crippen LogP contribution in [0.1, 0.15) is 27.2 Å². The van der Waals surface area contributed by atoms with Gasteiger partial charge in [0.15, 0.2) is 0 Å². The molecule has 0 aromatic rings. The number of nitrogens with two attached hydrogens (primary N) is 1. The number of hydrogen-bond acceptors (Lipinski definition) is 2. The van der Waals surface area contributed by atoms with Crippen LogP contribution in [-0.4, -0.2) is 29.9 Å². The molecular formula is C16H25FN2O. The summed E-state index contributed by atoms with van der Waals surface area (Å²) >= 11 is 0. The van der Waals surface area contributed by atoms with E-state index >= 15 is 0 Å². The maximum Gasteiger partial charge on any atom is 0.239 e. The highest BCUT2D eigenvalue weighted by Gasteiger charge is 2.34. The SMILES string of the molecule is C=C(/C(F)=C\C=C/C)[C@@H]1C[C@H](N)C(=O)N(CC(C)C)C1. The molecule has 2 atom stereocenters. The summed E-state index contributed by atoms with van der Waals surface area (Å²) in [5, 5.41) is 0. The van der Waals surface area contributed by atoms with Gasteiger partial charge in [0.1, 0.15) is 5.83 Å². The number of amides is 1. The van der Waals surface area contributed by atoms with E-state index in [0.29, 0.717) is 31.0 Å². The molecule has 112 valence electrons. The second-order valence-corrected chi connectivity index (χ2v) is 5.74. The van der Waals surface area contributed by atoms with Crippen molar-refractivity contribution in [2.24, 2.45) is 17.6 Å². The highest BCUT2D eigenvalue weighted by Crippen LogP contribution is 2.28. The van der Waals surface area contributed by atoms with Crippen LogP contribution in [0.25, 0.3) is 0 Å². The van der Waals surface area contributed by atoms with E-state index < -0.39 is 6.04 Å². The number of halogens is 1. The minimum absolute atomic E-state index is 0.0411. The largest absolute Gasteiger partial charge is 0.340 e. The van der Waals surface area contributed by atoms with Crippen molar-refractivity contribution in [3.05, 3.63) is 36.2 Å². The molecule has 0 aliphatic carbocycles. The molecule has 0 aromatic heterocycles. The number of carbonyl (C=O) groups excluding carboxylic acids is 1. The molecular weight excluding hydrogens is 255 g/mol. The van der Waals surface area contributed by atoms with E-state index in [9.17, 15) is 9.18 Å². The van der Waals surface area contributed by atoms with E-state index in [1.54, 1.807) is 17.1 Å². The molecule has 0 radical (unpaired) electrons. The molecule has 3 nitrogen and oxygen atoms in total. The first-order chi connectivity index (χ1) is 9.36. The number of rotatable bonds is 5. The second kappa shape index (κ2) is 7.39. The second-order valence-electron chi connectivity index (χ2n) is 5.74. The molecule has 1 aliphatic rings. The number of allylic oxidation sites excluding steroid dienone is 4. The van der Waals surface area contributed by atoms with Gasteiger partial charge in [-0.25, -0.2) is 4.39 Å².